The largest absolute Gasteiger partial charge is 0.490 e. The molecule has 0 radical (unpaired) electrons. The van der Waals surface area contributed by atoms with E-state index in [0.717, 1.165) is 16.3 Å². The van der Waals surface area contributed by atoms with E-state index in [1.165, 1.54) is 24.5 Å². The summed E-state index contributed by atoms with van der Waals surface area (Å²) in [4.78, 5) is 41.8. The van der Waals surface area contributed by atoms with E-state index in [2.05, 4.69) is 10.3 Å². The van der Waals surface area contributed by atoms with Crippen molar-refractivity contribution in [3.8, 4) is 17.0 Å². The van der Waals surface area contributed by atoms with E-state index in [4.69, 9.17) is 4.74 Å². The number of rotatable bonds is 11. The molecule has 0 saturated carbocycles. The van der Waals surface area contributed by atoms with Gasteiger partial charge in [-0.15, -0.1) is 11.3 Å². The minimum Gasteiger partial charge on any atom is -0.490 e. The summed E-state index contributed by atoms with van der Waals surface area (Å²) >= 11 is 1.41. The zero-order valence-electron chi connectivity index (χ0n) is 21.2. The van der Waals surface area contributed by atoms with Crippen LogP contribution in [-0.2, 0) is 17.8 Å². The van der Waals surface area contributed by atoms with E-state index in [1.54, 1.807) is 36.4 Å². The Morgan fingerprint density at radius 2 is 1.82 bits per heavy atom. The molecule has 3 aromatic carbocycles. The first-order chi connectivity index (χ1) is 18.7. The van der Waals surface area contributed by atoms with Crippen LogP contribution in [0.5, 0.6) is 5.75 Å². The molecule has 4 aromatic rings. The number of benzene rings is 3. The van der Waals surface area contributed by atoms with E-state index in [9.17, 15) is 24.8 Å². The first-order valence-corrected chi connectivity index (χ1v) is 12.8. The fourth-order valence-electron chi connectivity index (χ4n) is 3.96. The highest BCUT2D eigenvalue weighted by atomic mass is 32.1. The molecule has 2 N–H and O–H groups in total. The number of nitro benzene ring substituents is 1. The third kappa shape index (κ3) is 6.76. The van der Waals surface area contributed by atoms with Crippen LogP contribution in [0.1, 0.15) is 21.5 Å². The Kier molecular flexibility index (Phi) is 8.52. The van der Waals surface area contributed by atoms with Gasteiger partial charge in [0.1, 0.15) is 6.04 Å². The topological polar surface area (TPSA) is 135 Å². The predicted octanol–water partition coefficient (Wildman–Crippen LogP) is 4.79. The fourth-order valence-corrected chi connectivity index (χ4v) is 4.76. The number of aliphatic carboxylic acids is 1. The molecule has 0 aliphatic heterocycles. The molecule has 0 aliphatic rings. The number of carboxylic acid groups (broad SMARTS) is 1. The number of nitro groups is 1. The van der Waals surface area contributed by atoms with Gasteiger partial charge in [-0.25, -0.2) is 9.78 Å². The lowest BCUT2D eigenvalue weighted by Gasteiger charge is -2.17. The molecule has 1 unspecified atom stereocenters. The molecule has 0 saturated heterocycles. The van der Waals surface area contributed by atoms with Gasteiger partial charge in [-0.05, 0) is 35.4 Å². The summed E-state index contributed by atoms with van der Waals surface area (Å²) in [7, 11) is 3.26. The Hall–Kier alpha value is -4.77. The standard InChI is InChI=1S/C28H26N4O6S/c1-31(28-30-23(17-39-28)21-12-13-25(38-2)24(15-21)32(36)37)16-19-8-10-20(11-9-19)26(33)29-22(27(34)35)14-18-6-4-3-5-7-18/h3-13,15,17,22H,14,16H2,1-2H3,(H,29,33)(H,34,35). The minimum atomic E-state index is -1.10. The van der Waals surface area contributed by atoms with E-state index in [-0.39, 0.29) is 17.9 Å². The van der Waals surface area contributed by atoms with Gasteiger partial charge < -0.3 is 20.1 Å². The molecule has 0 spiro atoms. The maximum absolute atomic E-state index is 12.7. The first kappa shape index (κ1) is 27.3. The number of aromatic nitrogens is 1. The quantitative estimate of drug-likeness (QED) is 0.203. The van der Waals surface area contributed by atoms with Gasteiger partial charge in [-0.1, -0.05) is 42.5 Å². The van der Waals surface area contributed by atoms with Gasteiger partial charge in [0.05, 0.1) is 17.7 Å². The van der Waals surface area contributed by atoms with Crippen molar-refractivity contribution in [1.82, 2.24) is 10.3 Å². The van der Waals surface area contributed by atoms with E-state index >= 15 is 0 Å². The summed E-state index contributed by atoms with van der Waals surface area (Å²) in [6, 6.07) is 19.7. The maximum atomic E-state index is 12.7. The van der Waals surface area contributed by atoms with Crippen LogP contribution in [0, 0.1) is 10.1 Å². The molecular formula is C28H26N4O6S. The third-order valence-electron chi connectivity index (χ3n) is 6.01. The van der Waals surface area contributed by atoms with Crippen LogP contribution in [0.15, 0.2) is 78.2 Å². The molecule has 1 amide bonds. The number of nitrogens with one attached hydrogen (secondary N) is 1. The summed E-state index contributed by atoms with van der Waals surface area (Å²) in [5.41, 5.74) is 3.20. The second-order valence-corrected chi connectivity index (χ2v) is 9.60. The Morgan fingerprint density at radius 1 is 1.10 bits per heavy atom. The normalized spacial score (nSPS) is 11.4. The molecule has 1 aromatic heterocycles. The number of anilines is 1. The van der Waals surface area contributed by atoms with Crippen molar-refractivity contribution in [3.63, 3.8) is 0 Å². The van der Waals surface area contributed by atoms with Crippen LogP contribution in [0.3, 0.4) is 0 Å². The molecule has 1 atom stereocenters. The Bertz CT molecular complexity index is 1470. The molecule has 11 heteroatoms. The van der Waals surface area contributed by atoms with Gasteiger partial charge >= 0.3 is 11.7 Å². The van der Waals surface area contributed by atoms with Crippen LogP contribution in [0.4, 0.5) is 10.8 Å². The molecule has 39 heavy (non-hydrogen) atoms. The highest BCUT2D eigenvalue weighted by Gasteiger charge is 2.21. The number of hydrogen-bond donors (Lipinski definition) is 2. The van der Waals surface area contributed by atoms with Crippen molar-refractivity contribution in [2.45, 2.75) is 19.0 Å². The van der Waals surface area contributed by atoms with Crippen molar-refractivity contribution < 1.29 is 24.4 Å². The SMILES string of the molecule is COc1ccc(-c2csc(N(C)Cc3ccc(C(=O)NC(Cc4ccccc4)C(=O)O)cc3)n2)cc1[N+](=O)[O-]. The molecule has 4 rings (SSSR count). The predicted molar refractivity (Wildman–Crippen MR) is 148 cm³/mol. The summed E-state index contributed by atoms with van der Waals surface area (Å²) in [6.07, 6.45) is 0.185. The second kappa shape index (κ2) is 12.2. The Balaban J connectivity index is 1.39. The van der Waals surface area contributed by atoms with Gasteiger partial charge in [0, 0.05) is 42.6 Å². The van der Waals surface area contributed by atoms with Gasteiger partial charge in [0.15, 0.2) is 10.9 Å². The van der Waals surface area contributed by atoms with Crippen LogP contribution in [-0.4, -0.2) is 47.1 Å². The minimum absolute atomic E-state index is 0.128. The molecule has 1 heterocycles. The van der Waals surface area contributed by atoms with Crippen LogP contribution in [0.2, 0.25) is 0 Å². The molecule has 10 nitrogen and oxygen atoms in total. The summed E-state index contributed by atoms with van der Waals surface area (Å²) in [5.74, 6) is -1.38. The van der Waals surface area contributed by atoms with Crippen LogP contribution >= 0.6 is 11.3 Å². The smallest absolute Gasteiger partial charge is 0.326 e. The van der Waals surface area contributed by atoms with Crippen molar-refractivity contribution in [2.24, 2.45) is 0 Å². The number of methoxy groups -OCH3 is 1. The number of nitrogens with zero attached hydrogens (tertiary/aromatic N) is 3. The molecule has 0 aliphatic carbocycles. The molecular weight excluding hydrogens is 520 g/mol. The van der Waals surface area contributed by atoms with Gasteiger partial charge in [-0.3, -0.25) is 14.9 Å². The van der Waals surface area contributed by atoms with E-state index < -0.39 is 22.8 Å². The monoisotopic (exact) mass is 546 g/mol. The summed E-state index contributed by atoms with van der Waals surface area (Å²) in [6.45, 7) is 0.503. The van der Waals surface area contributed by atoms with Crippen LogP contribution < -0.4 is 15.0 Å². The number of amides is 1. The zero-order chi connectivity index (χ0) is 27.9. The highest BCUT2D eigenvalue weighted by molar-refractivity contribution is 7.14. The van der Waals surface area contributed by atoms with Crippen molar-refractivity contribution in [1.29, 1.82) is 0 Å². The number of ether oxygens (including phenoxy) is 1. The number of thiazole rings is 1. The zero-order valence-corrected chi connectivity index (χ0v) is 22.1. The first-order valence-electron chi connectivity index (χ1n) is 11.9. The van der Waals surface area contributed by atoms with Gasteiger partial charge in [0.2, 0.25) is 0 Å². The Labute approximate surface area is 228 Å². The second-order valence-electron chi connectivity index (χ2n) is 8.77. The lowest BCUT2D eigenvalue weighted by atomic mass is 10.1. The van der Waals surface area contributed by atoms with E-state index in [0.29, 0.717) is 23.4 Å². The average molecular weight is 547 g/mol. The van der Waals surface area contributed by atoms with Gasteiger partial charge in [-0.2, -0.15) is 0 Å². The highest BCUT2D eigenvalue weighted by Crippen LogP contribution is 2.34. The lowest BCUT2D eigenvalue weighted by Crippen LogP contribution is -2.42. The van der Waals surface area contributed by atoms with Crippen molar-refractivity contribution in [3.05, 3.63) is 105 Å². The molecule has 0 fully saturated rings. The summed E-state index contributed by atoms with van der Waals surface area (Å²) < 4.78 is 5.06. The third-order valence-corrected chi connectivity index (χ3v) is 6.97. The van der Waals surface area contributed by atoms with E-state index in [1.807, 2.05) is 47.7 Å². The lowest BCUT2D eigenvalue weighted by molar-refractivity contribution is -0.385. The van der Waals surface area contributed by atoms with Crippen molar-refractivity contribution in [2.75, 3.05) is 19.1 Å². The number of carboxylic acids is 1. The maximum Gasteiger partial charge on any atom is 0.326 e. The molecule has 200 valence electrons. The number of carbonyl (C=O) groups excluding carboxylic acids is 1. The number of carbonyl (C=O) groups is 2. The Morgan fingerprint density at radius 3 is 2.46 bits per heavy atom. The van der Waals surface area contributed by atoms with Crippen LogP contribution in [0.25, 0.3) is 11.3 Å². The van der Waals surface area contributed by atoms with Gasteiger partial charge in [0.25, 0.3) is 5.91 Å². The summed E-state index contributed by atoms with van der Waals surface area (Å²) in [5, 5.41) is 26.1. The molecule has 0 bridgehead atoms. The average Bonchev–Trinajstić information content (AvgIpc) is 3.44. The fraction of sp³-hybridized carbons (Fsp3) is 0.179. The van der Waals surface area contributed by atoms with Crippen molar-refractivity contribution >= 4 is 34.0 Å². The number of hydrogen-bond acceptors (Lipinski definition) is 8.